The van der Waals surface area contributed by atoms with Crippen LogP contribution in [0.5, 0.6) is 0 Å². The van der Waals surface area contributed by atoms with E-state index in [1.54, 1.807) is 30.3 Å². The zero-order chi connectivity index (χ0) is 27.3. The Kier molecular flexibility index (Phi) is 8.81. The molecule has 0 spiro atoms. The molecule has 15 heteroatoms. The van der Waals surface area contributed by atoms with Crippen LogP contribution in [0, 0.1) is 0 Å². The summed E-state index contributed by atoms with van der Waals surface area (Å²) in [6.45, 7) is 0.486. The Labute approximate surface area is 216 Å². The number of esters is 1. The van der Waals surface area contributed by atoms with Crippen molar-refractivity contribution in [3.63, 3.8) is 0 Å². The summed E-state index contributed by atoms with van der Waals surface area (Å²) in [5.41, 5.74) is 0.324. The molecule has 3 amide bonds. The number of ether oxygens (including phenoxy) is 2. The highest BCUT2D eigenvalue weighted by atomic mass is 32.2. The number of nitrogens with one attached hydrogen (secondary N) is 2. The smallest absolute Gasteiger partial charge is 0.408 e. The molecule has 0 bridgehead atoms. The summed E-state index contributed by atoms with van der Waals surface area (Å²) in [5.74, 6) is -3.64. The molecule has 1 aromatic carbocycles. The number of β-lactam (4-membered cyclic amide) rings is 1. The number of fused-ring (bicyclic) bond motifs is 1. The van der Waals surface area contributed by atoms with E-state index in [1.165, 1.54) is 18.7 Å². The molecule has 1 saturated heterocycles. The first kappa shape index (κ1) is 28.0. The summed E-state index contributed by atoms with van der Waals surface area (Å²) in [6, 6.07) is 5.74. The van der Waals surface area contributed by atoms with Crippen LogP contribution < -0.4 is 10.6 Å². The van der Waals surface area contributed by atoms with Gasteiger partial charge < -0.3 is 25.2 Å². The summed E-state index contributed by atoms with van der Waals surface area (Å²) in [5, 5.41) is 13.9. The third-order valence-corrected chi connectivity index (χ3v) is 7.59. The van der Waals surface area contributed by atoms with E-state index in [0.717, 1.165) is 11.2 Å². The minimum Gasteiger partial charge on any atom is -0.477 e. The SMILES string of the molecule is CC(=O)OCC1=C(C(=O)O)N2C(=O)[C@@H](NC(=O)C(NC(=O)OCCS(C)(=O)=O)c3ccccc3)[C@@H]2SC1. The Morgan fingerprint density at radius 1 is 1.19 bits per heavy atom. The van der Waals surface area contributed by atoms with Crippen molar-refractivity contribution in [2.24, 2.45) is 0 Å². The number of carbonyl (C=O) groups excluding carboxylic acids is 4. The fourth-order valence-corrected chi connectivity index (χ4v) is 5.32. The summed E-state index contributed by atoms with van der Waals surface area (Å²) in [6.07, 6.45) is -0.0477. The molecule has 3 rings (SSSR count). The van der Waals surface area contributed by atoms with Crippen molar-refractivity contribution < 1.29 is 47.0 Å². The minimum atomic E-state index is -3.37. The predicted molar refractivity (Wildman–Crippen MR) is 130 cm³/mol. The second kappa shape index (κ2) is 11.6. The number of aliphatic carboxylic acids is 1. The lowest BCUT2D eigenvalue weighted by molar-refractivity contribution is -0.151. The topological polar surface area (TPSA) is 185 Å². The molecular formula is C22H25N3O10S2. The first-order chi connectivity index (χ1) is 17.4. The monoisotopic (exact) mass is 555 g/mol. The molecule has 3 atom stereocenters. The molecule has 0 aliphatic carbocycles. The van der Waals surface area contributed by atoms with Gasteiger partial charge >= 0.3 is 18.0 Å². The van der Waals surface area contributed by atoms with E-state index in [2.05, 4.69) is 10.6 Å². The lowest BCUT2D eigenvalue weighted by Crippen LogP contribution is -2.71. The number of alkyl carbamates (subject to hydrolysis) is 1. The van der Waals surface area contributed by atoms with Crippen molar-refractivity contribution in [2.75, 3.05) is 31.0 Å². The second-order valence-corrected chi connectivity index (χ2v) is 11.6. The van der Waals surface area contributed by atoms with Crippen LogP contribution in [0.25, 0.3) is 0 Å². The molecule has 0 aromatic heterocycles. The number of sulfone groups is 1. The van der Waals surface area contributed by atoms with Crippen LogP contribution in [0.4, 0.5) is 4.79 Å². The van der Waals surface area contributed by atoms with Gasteiger partial charge in [0.15, 0.2) is 9.84 Å². The van der Waals surface area contributed by atoms with Gasteiger partial charge in [-0.2, -0.15) is 0 Å². The van der Waals surface area contributed by atoms with E-state index in [-0.39, 0.29) is 23.6 Å². The van der Waals surface area contributed by atoms with Crippen molar-refractivity contribution in [1.29, 1.82) is 0 Å². The van der Waals surface area contributed by atoms with Gasteiger partial charge in [0.1, 0.15) is 36.4 Å². The van der Waals surface area contributed by atoms with Gasteiger partial charge in [-0.3, -0.25) is 19.3 Å². The standard InChI is InChI=1S/C22H25N3O10S2/c1-12(26)35-10-14-11-36-20-16(19(28)25(20)17(14)21(29)30)23-18(27)15(13-6-4-3-5-7-13)24-22(31)34-8-9-37(2,32)33/h3-7,15-16,20H,8-11H2,1-2H3,(H,23,27)(H,24,31)(H,29,30)/t15?,16-,20+/m1/s1. The van der Waals surface area contributed by atoms with Crippen LogP contribution in [0.3, 0.4) is 0 Å². The normalized spacial score (nSPS) is 19.7. The maximum Gasteiger partial charge on any atom is 0.408 e. The Balaban J connectivity index is 1.72. The molecule has 1 fully saturated rings. The Morgan fingerprint density at radius 2 is 1.86 bits per heavy atom. The zero-order valence-electron chi connectivity index (χ0n) is 19.8. The van der Waals surface area contributed by atoms with Crippen molar-refractivity contribution >= 4 is 51.4 Å². The number of thioether (sulfide) groups is 1. The largest absolute Gasteiger partial charge is 0.477 e. The van der Waals surface area contributed by atoms with E-state index in [0.29, 0.717) is 5.56 Å². The van der Waals surface area contributed by atoms with Crippen LogP contribution in [0.15, 0.2) is 41.6 Å². The van der Waals surface area contributed by atoms with E-state index in [4.69, 9.17) is 9.47 Å². The fraction of sp³-hybridized carbons (Fsp3) is 0.409. The van der Waals surface area contributed by atoms with Gasteiger partial charge in [-0.25, -0.2) is 18.0 Å². The van der Waals surface area contributed by atoms with Crippen LogP contribution in [-0.2, 0) is 38.5 Å². The van der Waals surface area contributed by atoms with Crippen molar-refractivity contribution in [3.05, 3.63) is 47.2 Å². The molecule has 3 N–H and O–H groups in total. The highest BCUT2D eigenvalue weighted by Crippen LogP contribution is 2.40. The first-order valence-corrected chi connectivity index (χ1v) is 14.0. The van der Waals surface area contributed by atoms with Gasteiger partial charge in [0, 0.05) is 24.5 Å². The number of carboxylic acid groups (broad SMARTS) is 1. The maximum atomic E-state index is 13.1. The minimum absolute atomic E-state index is 0.156. The molecule has 2 aliphatic heterocycles. The van der Waals surface area contributed by atoms with Crippen LogP contribution in [-0.4, -0.2) is 90.7 Å². The average molecular weight is 556 g/mol. The summed E-state index contributed by atoms with van der Waals surface area (Å²) < 4.78 is 32.3. The molecule has 2 aliphatic rings. The molecule has 2 heterocycles. The molecular weight excluding hydrogens is 530 g/mol. The lowest BCUT2D eigenvalue weighted by atomic mass is 10.0. The van der Waals surface area contributed by atoms with E-state index in [1.807, 2.05) is 0 Å². The number of nitrogens with zero attached hydrogens (tertiary/aromatic N) is 1. The fourth-order valence-electron chi connectivity index (χ4n) is 3.61. The summed E-state index contributed by atoms with van der Waals surface area (Å²) >= 11 is 1.19. The van der Waals surface area contributed by atoms with Gasteiger partial charge in [0.2, 0.25) is 5.91 Å². The van der Waals surface area contributed by atoms with Gasteiger partial charge in [0.05, 0.1) is 5.75 Å². The predicted octanol–water partition coefficient (Wildman–Crippen LogP) is -0.200. The average Bonchev–Trinajstić information content (AvgIpc) is 2.83. The third-order valence-electron chi connectivity index (χ3n) is 5.34. The number of hydrogen-bond acceptors (Lipinski definition) is 10. The molecule has 200 valence electrons. The van der Waals surface area contributed by atoms with Gasteiger partial charge in [-0.05, 0) is 5.56 Å². The lowest BCUT2D eigenvalue weighted by Gasteiger charge is -2.49. The first-order valence-electron chi connectivity index (χ1n) is 10.9. The Morgan fingerprint density at radius 3 is 2.46 bits per heavy atom. The Hall–Kier alpha value is -3.59. The molecule has 1 aromatic rings. The number of rotatable bonds is 10. The molecule has 0 radical (unpaired) electrons. The van der Waals surface area contributed by atoms with Crippen molar-refractivity contribution in [2.45, 2.75) is 24.4 Å². The number of carboxylic acids is 1. The zero-order valence-corrected chi connectivity index (χ0v) is 21.5. The van der Waals surface area contributed by atoms with E-state index in [9.17, 15) is 37.5 Å². The third kappa shape index (κ3) is 7.01. The molecule has 37 heavy (non-hydrogen) atoms. The van der Waals surface area contributed by atoms with Crippen LogP contribution in [0.1, 0.15) is 18.5 Å². The maximum absolute atomic E-state index is 13.1. The molecule has 13 nitrogen and oxygen atoms in total. The van der Waals surface area contributed by atoms with Crippen LogP contribution in [0.2, 0.25) is 0 Å². The molecule has 1 unspecified atom stereocenters. The highest BCUT2D eigenvalue weighted by molar-refractivity contribution is 8.00. The highest BCUT2D eigenvalue weighted by Gasteiger charge is 2.54. The van der Waals surface area contributed by atoms with Crippen molar-refractivity contribution in [1.82, 2.24) is 15.5 Å². The van der Waals surface area contributed by atoms with E-state index >= 15 is 0 Å². The van der Waals surface area contributed by atoms with Gasteiger partial charge in [-0.15, -0.1) is 11.8 Å². The number of benzene rings is 1. The number of amides is 3. The number of hydrogen-bond donors (Lipinski definition) is 3. The number of carbonyl (C=O) groups is 5. The Bertz CT molecular complexity index is 1230. The summed E-state index contributed by atoms with van der Waals surface area (Å²) in [7, 11) is -3.37. The molecule has 0 saturated carbocycles. The van der Waals surface area contributed by atoms with E-state index < -0.39 is 69.5 Å². The van der Waals surface area contributed by atoms with Crippen LogP contribution >= 0.6 is 11.8 Å². The quantitative estimate of drug-likeness (QED) is 0.256. The van der Waals surface area contributed by atoms with Gasteiger partial charge in [0.25, 0.3) is 5.91 Å². The van der Waals surface area contributed by atoms with Crippen molar-refractivity contribution in [3.8, 4) is 0 Å². The second-order valence-electron chi connectivity index (χ2n) is 8.19. The summed E-state index contributed by atoms with van der Waals surface area (Å²) in [4.78, 5) is 62.3. The van der Waals surface area contributed by atoms with Gasteiger partial charge in [-0.1, -0.05) is 30.3 Å².